The van der Waals surface area contributed by atoms with E-state index in [4.69, 9.17) is 4.74 Å². The summed E-state index contributed by atoms with van der Waals surface area (Å²) in [5.41, 5.74) is 1.25. The summed E-state index contributed by atoms with van der Waals surface area (Å²) in [5.74, 6) is 3.50. The topological polar surface area (TPSA) is 66.8 Å². The normalized spacial score (nSPS) is 16.3. The Bertz CT molecular complexity index is 1250. The zero-order chi connectivity index (χ0) is 22.2. The van der Waals surface area contributed by atoms with Crippen LogP contribution in [0.1, 0.15) is 24.0 Å². The molecule has 1 heterocycles. The lowest BCUT2D eigenvalue weighted by Gasteiger charge is -2.21. The Morgan fingerprint density at radius 3 is 2.48 bits per heavy atom. The zero-order valence-electron chi connectivity index (χ0n) is 17.3. The largest absolute Gasteiger partial charge is 0.481 e. The van der Waals surface area contributed by atoms with Gasteiger partial charge in [0.05, 0.1) is 16.1 Å². The van der Waals surface area contributed by atoms with Crippen LogP contribution in [0.15, 0.2) is 53.4 Å². The number of aliphatic carboxylic acids is 1. The van der Waals surface area contributed by atoms with Gasteiger partial charge in [-0.1, -0.05) is 12.1 Å². The minimum absolute atomic E-state index is 0.159. The summed E-state index contributed by atoms with van der Waals surface area (Å²) in [6.45, 7) is 3.31. The van der Waals surface area contributed by atoms with Gasteiger partial charge in [0.25, 0.3) is 0 Å². The van der Waals surface area contributed by atoms with Gasteiger partial charge in [0.1, 0.15) is 17.3 Å². The smallest absolute Gasteiger partial charge is 0.307 e. The molecule has 1 saturated heterocycles. The molecule has 0 aliphatic carbocycles. The van der Waals surface area contributed by atoms with Crippen molar-refractivity contribution in [2.75, 3.05) is 13.1 Å². The van der Waals surface area contributed by atoms with Crippen LogP contribution in [0.25, 0.3) is 10.8 Å². The van der Waals surface area contributed by atoms with Gasteiger partial charge in [-0.25, -0.2) is 12.9 Å². The van der Waals surface area contributed by atoms with Crippen LogP contribution in [0.2, 0.25) is 0 Å². The fourth-order valence-electron chi connectivity index (χ4n) is 3.94. The number of fused-ring (bicyclic) bond motifs is 1. The van der Waals surface area contributed by atoms with E-state index in [0.717, 1.165) is 25.9 Å². The number of hydrogen-bond acceptors (Lipinski definition) is 3. The molecule has 7 heteroatoms. The molecule has 162 valence electrons. The molecule has 1 aliphatic heterocycles. The van der Waals surface area contributed by atoms with E-state index in [-0.39, 0.29) is 6.42 Å². The van der Waals surface area contributed by atoms with Gasteiger partial charge in [-0.15, -0.1) is 0 Å². The molecule has 0 radical (unpaired) electrons. The second kappa shape index (κ2) is 8.32. The van der Waals surface area contributed by atoms with Crippen LogP contribution in [0.3, 0.4) is 0 Å². The van der Waals surface area contributed by atoms with E-state index < -0.39 is 21.5 Å². The lowest BCUT2D eigenvalue weighted by molar-refractivity contribution is -0.136. The lowest BCUT2D eigenvalue weighted by atomic mass is 9.98. The molecule has 1 atom stereocenters. The van der Waals surface area contributed by atoms with Crippen LogP contribution in [0, 0.1) is 12.7 Å². The van der Waals surface area contributed by atoms with E-state index in [9.17, 15) is 18.5 Å². The first kappa shape index (κ1) is 21.3. The maximum absolute atomic E-state index is 13.9. The fraction of sp³-hybridized carbons (Fsp3) is 0.250. The number of benzene rings is 3. The number of nitrogens with zero attached hydrogens (tertiary/aromatic N) is 1. The number of rotatable bonds is 6. The van der Waals surface area contributed by atoms with E-state index in [2.05, 4.69) is 5.87 Å². The van der Waals surface area contributed by atoms with Gasteiger partial charge in [-0.3, -0.25) is 4.79 Å². The number of carboxylic acid groups (broad SMARTS) is 1. The first-order valence-electron chi connectivity index (χ1n) is 10.1. The molecule has 31 heavy (non-hydrogen) atoms. The zero-order valence-corrected chi connectivity index (χ0v) is 18.1. The van der Waals surface area contributed by atoms with Crippen LogP contribution in [0.5, 0.6) is 11.5 Å². The van der Waals surface area contributed by atoms with Crippen molar-refractivity contribution >= 4 is 32.3 Å². The highest BCUT2D eigenvalue weighted by Crippen LogP contribution is 2.37. The molecule has 4 rings (SSSR count). The molecular weight excluding hydrogens is 417 g/mol. The molecule has 0 spiro atoms. The maximum Gasteiger partial charge on any atom is 0.307 e. The van der Waals surface area contributed by atoms with Gasteiger partial charge in [0, 0.05) is 23.4 Å². The molecule has 0 amide bonds. The Hall–Kier alpha value is -2.90. The number of halogens is 1. The van der Waals surface area contributed by atoms with Crippen molar-refractivity contribution in [1.82, 2.24) is 4.31 Å². The third kappa shape index (κ3) is 4.29. The Morgan fingerprint density at radius 1 is 1.16 bits per heavy atom. The highest BCUT2D eigenvalue weighted by atomic mass is 32.2. The van der Waals surface area contributed by atoms with Crippen molar-refractivity contribution < 1.29 is 23.2 Å². The third-order valence-corrected chi connectivity index (χ3v) is 7.86. The van der Waals surface area contributed by atoms with Gasteiger partial charge in [-0.2, -0.15) is 0 Å². The van der Waals surface area contributed by atoms with Crippen LogP contribution in [-0.4, -0.2) is 38.5 Å². The summed E-state index contributed by atoms with van der Waals surface area (Å²) in [4.78, 5) is 11.9. The van der Waals surface area contributed by atoms with Crippen molar-refractivity contribution in [2.24, 2.45) is 0 Å². The Balaban J connectivity index is 1.71. The summed E-state index contributed by atoms with van der Waals surface area (Å²) >= 11 is 0. The van der Waals surface area contributed by atoms with Crippen LogP contribution in [-0.2, 0) is 20.9 Å². The molecule has 1 fully saturated rings. The summed E-state index contributed by atoms with van der Waals surface area (Å²) in [6, 6.07) is 13.0. The molecule has 0 aromatic heterocycles. The molecule has 3 aromatic rings. The van der Waals surface area contributed by atoms with E-state index in [1.807, 2.05) is 4.31 Å². The molecule has 0 bridgehead atoms. The summed E-state index contributed by atoms with van der Waals surface area (Å²) < 4.78 is 35.1. The van der Waals surface area contributed by atoms with Gasteiger partial charge in [0.15, 0.2) is 0 Å². The average Bonchev–Trinajstić information content (AvgIpc) is 3.27. The van der Waals surface area contributed by atoms with Gasteiger partial charge < -0.3 is 9.84 Å². The SMILES string of the molecule is C=S(=O)(c1ccc(Oc2c(C)c(CC(=O)O)cc3ccc(F)cc23)cc1)N1CCCC1. The van der Waals surface area contributed by atoms with Gasteiger partial charge in [-0.05, 0) is 78.5 Å². The molecular formula is C24H24FNO4S. The highest BCUT2D eigenvalue weighted by molar-refractivity contribution is 7.98. The van der Waals surface area contributed by atoms with Crippen LogP contribution < -0.4 is 4.74 Å². The fourth-order valence-corrected chi connectivity index (χ4v) is 5.65. The minimum atomic E-state index is -2.53. The van der Waals surface area contributed by atoms with Crippen molar-refractivity contribution in [3.05, 3.63) is 65.5 Å². The Labute approximate surface area is 181 Å². The van der Waals surface area contributed by atoms with Crippen molar-refractivity contribution in [3.63, 3.8) is 0 Å². The highest BCUT2D eigenvalue weighted by Gasteiger charge is 2.22. The number of hydrogen-bond donors (Lipinski definition) is 1. The lowest BCUT2D eigenvalue weighted by Crippen LogP contribution is -2.27. The van der Waals surface area contributed by atoms with Crippen molar-refractivity contribution in [3.8, 4) is 11.5 Å². The third-order valence-electron chi connectivity index (χ3n) is 5.65. The van der Waals surface area contributed by atoms with Gasteiger partial charge in [0.2, 0.25) is 0 Å². The molecule has 5 nitrogen and oxygen atoms in total. The molecule has 0 saturated carbocycles. The summed E-state index contributed by atoms with van der Waals surface area (Å²) in [6.07, 6.45) is 1.88. The van der Waals surface area contributed by atoms with Gasteiger partial charge >= 0.3 is 5.97 Å². The van der Waals surface area contributed by atoms with E-state index in [0.29, 0.717) is 38.3 Å². The van der Waals surface area contributed by atoms with E-state index >= 15 is 0 Å². The predicted octanol–water partition coefficient (Wildman–Crippen LogP) is 4.79. The van der Waals surface area contributed by atoms with Crippen molar-refractivity contribution in [2.45, 2.75) is 31.1 Å². The first-order valence-corrected chi connectivity index (χ1v) is 11.8. The molecule has 1 unspecified atom stereocenters. The van der Waals surface area contributed by atoms with E-state index in [1.54, 1.807) is 43.3 Å². The quantitative estimate of drug-likeness (QED) is 0.559. The first-order chi connectivity index (χ1) is 14.8. The average molecular weight is 442 g/mol. The van der Waals surface area contributed by atoms with Crippen molar-refractivity contribution in [1.29, 1.82) is 0 Å². The molecule has 3 aromatic carbocycles. The number of carbonyl (C=O) groups is 1. The Kier molecular flexibility index (Phi) is 5.73. The van der Waals surface area contributed by atoms with Crippen LogP contribution in [0.4, 0.5) is 4.39 Å². The summed E-state index contributed by atoms with van der Waals surface area (Å²) in [7, 11) is -2.53. The summed E-state index contributed by atoms with van der Waals surface area (Å²) in [5, 5.41) is 10.5. The predicted molar refractivity (Wildman–Crippen MR) is 121 cm³/mol. The second-order valence-corrected chi connectivity index (χ2v) is 10.0. The molecule has 1 N–H and O–H groups in total. The maximum atomic E-state index is 13.9. The Morgan fingerprint density at radius 2 is 1.84 bits per heavy atom. The van der Waals surface area contributed by atoms with Crippen LogP contribution >= 0.6 is 0 Å². The standard InChI is InChI=1S/C24H24FNO4S/c1-16-18(14-23(27)28)13-17-5-6-19(25)15-22(17)24(16)30-20-7-9-21(10-8-20)31(2,29)26-11-3-4-12-26/h5-10,13,15H,2-4,11-12,14H2,1H3,(H,27,28). The number of ether oxygens (including phenoxy) is 1. The monoisotopic (exact) mass is 441 g/mol. The van der Waals surface area contributed by atoms with E-state index in [1.165, 1.54) is 12.1 Å². The minimum Gasteiger partial charge on any atom is -0.481 e. The number of carboxylic acids is 1. The second-order valence-electron chi connectivity index (χ2n) is 7.78. The molecule has 1 aliphatic rings.